The van der Waals surface area contributed by atoms with Gasteiger partial charge in [-0.1, -0.05) is 0 Å². The summed E-state index contributed by atoms with van der Waals surface area (Å²) >= 11 is 0. The Morgan fingerprint density at radius 3 is 2.84 bits per heavy atom. The van der Waals surface area contributed by atoms with Crippen LogP contribution in [-0.2, 0) is 7.05 Å². The number of fused-ring (bicyclic) bond motifs is 7. The molecule has 9 nitrogen and oxygen atoms in total. The molecule has 5 aliphatic rings. The second-order valence-electron chi connectivity index (χ2n) is 13.2. The molecule has 0 radical (unpaired) electrons. The van der Waals surface area contributed by atoms with E-state index in [0.29, 0.717) is 24.9 Å². The van der Waals surface area contributed by atoms with Gasteiger partial charge in [-0.2, -0.15) is 15.1 Å². The molecule has 4 saturated heterocycles. The number of rotatable bonds is 4. The average Bonchev–Trinajstić information content (AvgIpc) is 3.72. The lowest BCUT2D eigenvalue weighted by molar-refractivity contribution is 0.00803. The molecule has 0 amide bonds. The molecule has 4 fully saturated rings. The Kier molecular flexibility index (Phi) is 5.74. The van der Waals surface area contributed by atoms with Crippen LogP contribution < -0.4 is 19.7 Å². The largest absolute Gasteiger partial charge is 0.487 e. The van der Waals surface area contributed by atoms with Gasteiger partial charge in [0.1, 0.15) is 30.4 Å². The highest BCUT2D eigenvalue weighted by atomic mass is 19.3. The highest BCUT2D eigenvalue weighted by molar-refractivity contribution is 6.03. The Morgan fingerprint density at radius 1 is 1.11 bits per heavy atom. The summed E-state index contributed by atoms with van der Waals surface area (Å²) in [7, 11) is 1.57. The van der Waals surface area contributed by atoms with Crippen LogP contribution in [0.1, 0.15) is 32.1 Å². The maximum absolute atomic E-state index is 16.9. The van der Waals surface area contributed by atoms with Gasteiger partial charge in [0.2, 0.25) is 0 Å². The number of alkyl halides is 2. The summed E-state index contributed by atoms with van der Waals surface area (Å²) in [6.45, 7) is 0.699. The molecule has 2 aromatic heterocycles. The number of anilines is 1. The zero-order valence-corrected chi connectivity index (χ0v) is 24.4. The molecule has 0 saturated carbocycles. The molecule has 2 bridgehead atoms. The Morgan fingerprint density at radius 2 is 1.98 bits per heavy atom. The van der Waals surface area contributed by atoms with Crippen LogP contribution in [0.2, 0.25) is 0 Å². The first kappa shape index (κ1) is 27.5. The van der Waals surface area contributed by atoms with Crippen molar-refractivity contribution in [2.75, 3.05) is 37.7 Å². The molecule has 7 heterocycles. The molecular weight excluding hydrogens is 597 g/mol. The maximum atomic E-state index is 16.9. The van der Waals surface area contributed by atoms with Gasteiger partial charge in [-0.3, -0.25) is 9.58 Å². The van der Waals surface area contributed by atoms with Crippen molar-refractivity contribution in [3.8, 4) is 22.9 Å². The summed E-state index contributed by atoms with van der Waals surface area (Å²) in [4.78, 5) is 12.9. The van der Waals surface area contributed by atoms with Gasteiger partial charge in [-0.25, -0.2) is 22.0 Å². The third-order valence-corrected chi connectivity index (χ3v) is 10.5. The van der Waals surface area contributed by atoms with Gasteiger partial charge >= 0.3 is 6.01 Å². The van der Waals surface area contributed by atoms with Gasteiger partial charge in [0.25, 0.3) is 5.92 Å². The molecule has 4 atom stereocenters. The fourth-order valence-corrected chi connectivity index (χ4v) is 8.52. The quantitative estimate of drug-likeness (QED) is 0.330. The van der Waals surface area contributed by atoms with Crippen LogP contribution in [-0.4, -0.2) is 87.1 Å². The number of nitrogens with one attached hydrogen (secondary N) is 1. The lowest BCUT2D eigenvalue weighted by Crippen LogP contribution is -2.60. The molecular formula is C31H30F5N7O2. The smallest absolute Gasteiger partial charge is 0.319 e. The number of nitrogens with zero attached hydrogens (tertiary/aromatic N) is 6. The van der Waals surface area contributed by atoms with Gasteiger partial charge < -0.3 is 19.7 Å². The van der Waals surface area contributed by atoms with Crippen LogP contribution in [0.5, 0.6) is 11.8 Å². The number of hydrogen-bond donors (Lipinski definition) is 1. The van der Waals surface area contributed by atoms with E-state index in [2.05, 4.69) is 15.4 Å². The Hall–Kier alpha value is -3.78. The van der Waals surface area contributed by atoms with Crippen molar-refractivity contribution >= 4 is 27.6 Å². The third-order valence-electron chi connectivity index (χ3n) is 10.5. The molecule has 0 spiro atoms. The van der Waals surface area contributed by atoms with Crippen LogP contribution in [0.25, 0.3) is 32.9 Å². The standard InChI is InChI=1S/C31H30F5N7O2/c1-41-26-15(9-37-41)3-5-17(32)20(26)21-23(33)25-22-27(24(21)34)44-11-19-18-6-4-16(38-18)10-43(19)28(22)40-29(39-25)45-14-30-7-2-8-42(30)13-31(35,36)12-30/h3,5,9,16,18-19,38H,2,4,6-8,10-14H2,1H3/t16-,18+,19-,30+/m1/s1. The molecule has 4 aromatic rings. The van der Waals surface area contributed by atoms with E-state index < -0.39 is 34.5 Å². The Bertz CT molecular complexity index is 1900. The summed E-state index contributed by atoms with van der Waals surface area (Å²) in [5.41, 5.74) is -1.89. The number of piperazine rings is 1. The van der Waals surface area contributed by atoms with Gasteiger partial charge in [0.15, 0.2) is 17.4 Å². The first-order chi connectivity index (χ1) is 21.6. The Labute approximate surface area is 254 Å². The fourth-order valence-electron chi connectivity index (χ4n) is 8.52. The lowest BCUT2D eigenvalue weighted by atomic mass is 9.94. The lowest BCUT2D eigenvalue weighted by Gasteiger charge is -2.40. The monoisotopic (exact) mass is 627 g/mol. The highest BCUT2D eigenvalue weighted by Crippen LogP contribution is 2.49. The summed E-state index contributed by atoms with van der Waals surface area (Å²) < 4.78 is 91.7. The second-order valence-corrected chi connectivity index (χ2v) is 13.2. The van der Waals surface area contributed by atoms with Gasteiger partial charge in [-0.15, -0.1) is 0 Å². The molecule has 14 heteroatoms. The van der Waals surface area contributed by atoms with Crippen molar-refractivity contribution in [1.82, 2.24) is 30.0 Å². The molecule has 5 aliphatic heterocycles. The minimum atomic E-state index is -2.84. The maximum Gasteiger partial charge on any atom is 0.319 e. The average molecular weight is 628 g/mol. The molecule has 45 heavy (non-hydrogen) atoms. The van der Waals surface area contributed by atoms with E-state index in [-0.39, 0.29) is 83.9 Å². The number of halogens is 5. The minimum absolute atomic E-state index is 0.0344. The van der Waals surface area contributed by atoms with Crippen LogP contribution in [0.3, 0.4) is 0 Å². The topological polar surface area (TPSA) is 80.6 Å². The van der Waals surface area contributed by atoms with E-state index in [1.807, 2.05) is 4.90 Å². The zero-order valence-electron chi connectivity index (χ0n) is 24.4. The van der Waals surface area contributed by atoms with Crippen LogP contribution in [0.4, 0.5) is 27.8 Å². The molecule has 1 N–H and O–H groups in total. The molecule has 2 aromatic carbocycles. The number of aromatic nitrogens is 4. The summed E-state index contributed by atoms with van der Waals surface area (Å²) in [5, 5.41) is 8.28. The van der Waals surface area contributed by atoms with Crippen LogP contribution >= 0.6 is 0 Å². The van der Waals surface area contributed by atoms with Crippen LogP contribution in [0.15, 0.2) is 18.3 Å². The van der Waals surface area contributed by atoms with Gasteiger partial charge in [-0.05, 0) is 44.4 Å². The van der Waals surface area contributed by atoms with E-state index in [4.69, 9.17) is 14.5 Å². The van der Waals surface area contributed by atoms with Crippen molar-refractivity contribution < 1.29 is 31.4 Å². The number of ether oxygens (including phenoxy) is 2. The van der Waals surface area contributed by atoms with Gasteiger partial charge in [0, 0.05) is 43.0 Å². The summed E-state index contributed by atoms with van der Waals surface area (Å²) in [5.74, 6) is -5.84. The normalized spacial score (nSPS) is 28.4. The highest BCUT2D eigenvalue weighted by Gasteiger charge is 2.57. The number of aryl methyl sites for hydroxylation is 1. The predicted molar refractivity (Wildman–Crippen MR) is 154 cm³/mol. The Balaban J connectivity index is 1.25. The molecule has 0 unspecified atom stereocenters. The van der Waals surface area contributed by atoms with Crippen molar-refractivity contribution in [2.24, 2.45) is 7.05 Å². The second kappa shape index (κ2) is 9.38. The van der Waals surface area contributed by atoms with E-state index in [9.17, 15) is 8.78 Å². The van der Waals surface area contributed by atoms with E-state index in [1.54, 1.807) is 11.9 Å². The summed E-state index contributed by atoms with van der Waals surface area (Å²) in [6, 6.07) is 2.37. The minimum Gasteiger partial charge on any atom is -0.487 e. The molecule has 9 rings (SSSR count). The summed E-state index contributed by atoms with van der Waals surface area (Å²) in [6.07, 6.45) is 4.25. The van der Waals surface area contributed by atoms with E-state index >= 15 is 13.2 Å². The number of benzene rings is 2. The van der Waals surface area contributed by atoms with Crippen molar-refractivity contribution in [1.29, 1.82) is 0 Å². The number of hydrogen-bond acceptors (Lipinski definition) is 8. The van der Waals surface area contributed by atoms with Crippen LogP contribution in [0, 0.1) is 17.5 Å². The SMILES string of the molecule is Cn1ncc2ccc(F)c(-c3c(F)c4c5c(nc(OC[C@@]67CCCN6CC(F)(F)C7)nc5c3F)N3C[C@H]5CC[C@H](N5)[C@H]3CO4)c21. The molecule has 0 aliphatic carbocycles. The van der Waals surface area contributed by atoms with E-state index in [0.717, 1.165) is 25.3 Å². The molecule has 236 valence electrons. The first-order valence-corrected chi connectivity index (χ1v) is 15.4. The van der Waals surface area contributed by atoms with Crippen molar-refractivity contribution in [3.05, 3.63) is 35.8 Å². The zero-order chi connectivity index (χ0) is 30.8. The van der Waals surface area contributed by atoms with E-state index in [1.165, 1.54) is 16.9 Å². The first-order valence-electron chi connectivity index (χ1n) is 15.4. The van der Waals surface area contributed by atoms with Crippen molar-refractivity contribution in [2.45, 2.75) is 61.7 Å². The third kappa shape index (κ3) is 3.93. The predicted octanol–water partition coefficient (Wildman–Crippen LogP) is 4.55. The fraction of sp³-hybridized carbons (Fsp3) is 0.516. The van der Waals surface area contributed by atoms with Crippen molar-refractivity contribution in [3.63, 3.8) is 0 Å². The van der Waals surface area contributed by atoms with Gasteiger partial charge in [0.05, 0.1) is 40.8 Å².